The predicted octanol–water partition coefficient (Wildman–Crippen LogP) is 1.20. The maximum Gasteiger partial charge on any atom is 0.150 e. The molecule has 14 heavy (non-hydrogen) atoms. The number of hydrogen-bond acceptors (Lipinski definition) is 3. The zero-order chi connectivity index (χ0) is 10.7. The summed E-state index contributed by atoms with van der Waals surface area (Å²) in [7, 11) is -0.845. The Morgan fingerprint density at radius 1 is 1.43 bits per heavy atom. The summed E-state index contributed by atoms with van der Waals surface area (Å²) in [4.78, 5) is 0. The van der Waals surface area contributed by atoms with Gasteiger partial charge in [-0.1, -0.05) is 19.8 Å². The Kier molecular flexibility index (Phi) is 3.95. The van der Waals surface area contributed by atoms with E-state index in [-0.39, 0.29) is 5.41 Å². The van der Waals surface area contributed by atoms with Crippen molar-refractivity contribution in [2.75, 3.05) is 25.1 Å². The van der Waals surface area contributed by atoms with Crippen molar-refractivity contribution in [3.05, 3.63) is 0 Å². The van der Waals surface area contributed by atoms with E-state index in [2.05, 4.69) is 12.2 Å². The third-order valence-corrected chi connectivity index (χ3v) is 4.96. The molecule has 0 bridgehead atoms. The Labute approximate surface area is 87.2 Å². The number of hydrogen-bond donors (Lipinski definition) is 1. The SMILES string of the molecule is CCCCC1(CNC)CCS(=O)(=O)C1. The van der Waals surface area contributed by atoms with Gasteiger partial charge in [-0.05, 0) is 25.3 Å². The summed E-state index contributed by atoms with van der Waals surface area (Å²) in [5, 5.41) is 3.13. The summed E-state index contributed by atoms with van der Waals surface area (Å²) < 4.78 is 22.9. The lowest BCUT2D eigenvalue weighted by Gasteiger charge is -2.27. The predicted molar refractivity (Wildman–Crippen MR) is 59.2 cm³/mol. The van der Waals surface area contributed by atoms with Crippen LogP contribution in [0.5, 0.6) is 0 Å². The van der Waals surface area contributed by atoms with E-state index in [4.69, 9.17) is 0 Å². The van der Waals surface area contributed by atoms with Gasteiger partial charge in [0, 0.05) is 6.54 Å². The molecule has 0 aromatic rings. The molecule has 0 aromatic heterocycles. The molecule has 1 aliphatic rings. The molecule has 0 aliphatic carbocycles. The van der Waals surface area contributed by atoms with E-state index in [0.29, 0.717) is 11.5 Å². The second-order valence-electron chi connectivity index (χ2n) is 4.48. The number of unbranched alkanes of at least 4 members (excludes halogenated alkanes) is 1. The van der Waals surface area contributed by atoms with E-state index in [0.717, 1.165) is 32.2 Å². The van der Waals surface area contributed by atoms with Crippen LogP contribution in [0.2, 0.25) is 0 Å². The lowest BCUT2D eigenvalue weighted by atomic mass is 9.82. The van der Waals surface area contributed by atoms with Crippen LogP contribution in [0.3, 0.4) is 0 Å². The first-order valence-electron chi connectivity index (χ1n) is 5.39. The molecule has 4 heteroatoms. The van der Waals surface area contributed by atoms with Crippen LogP contribution in [0.15, 0.2) is 0 Å². The zero-order valence-corrected chi connectivity index (χ0v) is 9.99. The third kappa shape index (κ3) is 2.95. The van der Waals surface area contributed by atoms with Crippen molar-refractivity contribution in [2.24, 2.45) is 5.41 Å². The van der Waals surface area contributed by atoms with Gasteiger partial charge in [0.1, 0.15) is 0 Å². The minimum atomic E-state index is -2.75. The van der Waals surface area contributed by atoms with Crippen molar-refractivity contribution in [3.8, 4) is 0 Å². The van der Waals surface area contributed by atoms with Crippen LogP contribution >= 0.6 is 0 Å². The first-order valence-corrected chi connectivity index (χ1v) is 7.21. The minimum Gasteiger partial charge on any atom is -0.319 e. The van der Waals surface area contributed by atoms with Gasteiger partial charge >= 0.3 is 0 Å². The van der Waals surface area contributed by atoms with Gasteiger partial charge in [0.05, 0.1) is 11.5 Å². The van der Waals surface area contributed by atoms with Gasteiger partial charge in [0.25, 0.3) is 0 Å². The highest BCUT2D eigenvalue weighted by molar-refractivity contribution is 7.91. The highest BCUT2D eigenvalue weighted by Gasteiger charge is 2.40. The highest BCUT2D eigenvalue weighted by Crippen LogP contribution is 2.36. The molecule has 1 atom stereocenters. The maximum atomic E-state index is 11.5. The maximum absolute atomic E-state index is 11.5. The van der Waals surface area contributed by atoms with Gasteiger partial charge < -0.3 is 5.32 Å². The number of sulfone groups is 1. The molecule has 1 fully saturated rings. The summed E-state index contributed by atoms with van der Waals surface area (Å²) in [6.45, 7) is 2.99. The molecular weight excluding hydrogens is 198 g/mol. The molecule has 3 nitrogen and oxygen atoms in total. The van der Waals surface area contributed by atoms with Crippen LogP contribution in [0, 0.1) is 5.41 Å². The molecular formula is C10H21NO2S. The van der Waals surface area contributed by atoms with Crippen molar-refractivity contribution >= 4 is 9.84 Å². The standard InChI is InChI=1S/C10H21NO2S/c1-3-4-5-10(8-11-2)6-7-14(12,13)9-10/h11H,3-9H2,1-2H3. The van der Waals surface area contributed by atoms with E-state index in [1.165, 1.54) is 0 Å². The fraction of sp³-hybridized carbons (Fsp3) is 1.00. The molecule has 0 spiro atoms. The number of rotatable bonds is 5. The molecule has 1 saturated heterocycles. The Morgan fingerprint density at radius 3 is 2.57 bits per heavy atom. The van der Waals surface area contributed by atoms with Gasteiger partial charge in [0.15, 0.2) is 9.84 Å². The van der Waals surface area contributed by atoms with Crippen molar-refractivity contribution < 1.29 is 8.42 Å². The van der Waals surface area contributed by atoms with E-state index in [1.807, 2.05) is 7.05 Å². The fourth-order valence-corrected chi connectivity index (χ4v) is 4.55. The first-order chi connectivity index (χ1) is 6.54. The van der Waals surface area contributed by atoms with Crippen LogP contribution in [-0.2, 0) is 9.84 Å². The van der Waals surface area contributed by atoms with Crippen LogP contribution in [0.25, 0.3) is 0 Å². The average Bonchev–Trinajstić information content (AvgIpc) is 2.40. The molecule has 1 rings (SSSR count). The summed E-state index contributed by atoms with van der Waals surface area (Å²) >= 11 is 0. The van der Waals surface area contributed by atoms with Crippen LogP contribution < -0.4 is 5.32 Å². The van der Waals surface area contributed by atoms with Crippen LogP contribution in [0.4, 0.5) is 0 Å². The monoisotopic (exact) mass is 219 g/mol. The van der Waals surface area contributed by atoms with Gasteiger partial charge in [-0.2, -0.15) is 0 Å². The van der Waals surface area contributed by atoms with Crippen molar-refractivity contribution in [1.82, 2.24) is 5.32 Å². The molecule has 0 aromatic carbocycles. The first kappa shape index (κ1) is 12.0. The topological polar surface area (TPSA) is 46.2 Å². The lowest BCUT2D eigenvalue weighted by molar-refractivity contribution is 0.289. The molecule has 0 amide bonds. The Balaban J connectivity index is 2.64. The second kappa shape index (κ2) is 4.62. The average molecular weight is 219 g/mol. The smallest absolute Gasteiger partial charge is 0.150 e. The van der Waals surface area contributed by atoms with Crippen molar-refractivity contribution in [2.45, 2.75) is 32.6 Å². The second-order valence-corrected chi connectivity index (χ2v) is 6.66. The van der Waals surface area contributed by atoms with Gasteiger partial charge in [-0.15, -0.1) is 0 Å². The normalized spacial score (nSPS) is 30.7. The Morgan fingerprint density at radius 2 is 2.14 bits per heavy atom. The van der Waals surface area contributed by atoms with Crippen LogP contribution in [-0.4, -0.2) is 33.5 Å². The fourth-order valence-electron chi connectivity index (χ4n) is 2.33. The van der Waals surface area contributed by atoms with Crippen molar-refractivity contribution in [3.63, 3.8) is 0 Å². The highest BCUT2D eigenvalue weighted by atomic mass is 32.2. The van der Waals surface area contributed by atoms with E-state index in [9.17, 15) is 8.42 Å². The lowest BCUT2D eigenvalue weighted by Crippen LogP contribution is -2.33. The van der Waals surface area contributed by atoms with Crippen LogP contribution in [0.1, 0.15) is 32.6 Å². The molecule has 0 saturated carbocycles. The summed E-state index contributed by atoms with van der Waals surface area (Å²) in [5.41, 5.74) is 0.0313. The summed E-state index contributed by atoms with van der Waals surface area (Å²) in [6.07, 6.45) is 4.17. The van der Waals surface area contributed by atoms with E-state index >= 15 is 0 Å². The largest absolute Gasteiger partial charge is 0.319 e. The zero-order valence-electron chi connectivity index (χ0n) is 9.17. The quantitative estimate of drug-likeness (QED) is 0.756. The number of nitrogens with one attached hydrogen (secondary N) is 1. The van der Waals surface area contributed by atoms with Gasteiger partial charge in [0.2, 0.25) is 0 Å². The summed E-state index contributed by atoms with van der Waals surface area (Å²) in [5.74, 6) is 0.777. The van der Waals surface area contributed by atoms with E-state index < -0.39 is 9.84 Å². The molecule has 1 N–H and O–H groups in total. The van der Waals surface area contributed by atoms with Gasteiger partial charge in [-0.25, -0.2) is 8.42 Å². The van der Waals surface area contributed by atoms with Crippen molar-refractivity contribution in [1.29, 1.82) is 0 Å². The molecule has 1 heterocycles. The molecule has 0 radical (unpaired) electrons. The minimum absolute atomic E-state index is 0.0313. The Hall–Kier alpha value is -0.0900. The molecule has 1 aliphatic heterocycles. The van der Waals surface area contributed by atoms with E-state index in [1.54, 1.807) is 0 Å². The molecule has 84 valence electrons. The third-order valence-electron chi connectivity index (χ3n) is 3.08. The molecule has 1 unspecified atom stereocenters. The Bertz CT molecular complexity index is 274. The summed E-state index contributed by atoms with van der Waals surface area (Å²) in [6, 6.07) is 0. The van der Waals surface area contributed by atoms with Gasteiger partial charge in [-0.3, -0.25) is 0 Å².